The van der Waals surface area contributed by atoms with E-state index in [2.05, 4.69) is 0 Å². The van der Waals surface area contributed by atoms with Gasteiger partial charge in [-0.15, -0.1) is 0 Å². The highest BCUT2D eigenvalue weighted by Crippen LogP contribution is 2.41. The van der Waals surface area contributed by atoms with E-state index in [4.69, 9.17) is 10.7 Å². The van der Waals surface area contributed by atoms with E-state index < -0.39 is 18.9 Å². The second-order valence-corrected chi connectivity index (χ2v) is 9.79. The summed E-state index contributed by atoms with van der Waals surface area (Å²) in [5, 5.41) is -0.640. The van der Waals surface area contributed by atoms with Gasteiger partial charge in [-0.3, -0.25) is 0 Å². The normalized spacial score (nSPS) is 39.1. The number of hydrogen-bond acceptors (Lipinski definition) is 4. The van der Waals surface area contributed by atoms with Crippen molar-refractivity contribution >= 4 is 29.6 Å². The molecular weight excluding hydrogens is 260 g/mol. The van der Waals surface area contributed by atoms with Crippen LogP contribution in [0.5, 0.6) is 0 Å². The zero-order valence-corrected chi connectivity index (χ0v) is 10.5. The molecule has 0 N–H and O–H groups in total. The fourth-order valence-electron chi connectivity index (χ4n) is 2.73. The van der Waals surface area contributed by atoms with E-state index in [1.54, 1.807) is 0 Å². The van der Waals surface area contributed by atoms with Crippen LogP contribution in [0.1, 0.15) is 25.7 Å². The summed E-state index contributed by atoms with van der Waals surface area (Å²) >= 11 is 0. The third kappa shape index (κ3) is 2.31. The Morgan fingerprint density at radius 1 is 1.13 bits per heavy atom. The zero-order valence-electron chi connectivity index (χ0n) is 8.10. The third-order valence-electron chi connectivity index (χ3n) is 3.37. The molecule has 7 heteroatoms. The van der Waals surface area contributed by atoms with Crippen LogP contribution in [0.25, 0.3) is 0 Å². The van der Waals surface area contributed by atoms with Crippen molar-refractivity contribution in [1.29, 1.82) is 0 Å². The van der Waals surface area contributed by atoms with Gasteiger partial charge >= 0.3 is 0 Å². The average Bonchev–Trinajstić information content (AvgIpc) is 2.29. The molecule has 2 aliphatic rings. The van der Waals surface area contributed by atoms with Gasteiger partial charge in [-0.1, -0.05) is 0 Å². The summed E-state index contributed by atoms with van der Waals surface area (Å²) in [6.45, 7) is 0. The number of hydrogen-bond donors (Lipinski definition) is 0. The van der Waals surface area contributed by atoms with Crippen LogP contribution >= 0.6 is 10.7 Å². The van der Waals surface area contributed by atoms with Crippen LogP contribution in [-0.4, -0.2) is 33.1 Å². The van der Waals surface area contributed by atoms with Crippen LogP contribution in [0.3, 0.4) is 0 Å². The molecule has 0 spiro atoms. The molecule has 2 fully saturated rings. The van der Waals surface area contributed by atoms with Crippen LogP contribution in [0.15, 0.2) is 0 Å². The molecule has 15 heavy (non-hydrogen) atoms. The maximum Gasteiger partial charge on any atom is 0.232 e. The van der Waals surface area contributed by atoms with E-state index in [-0.39, 0.29) is 22.2 Å². The first-order valence-electron chi connectivity index (χ1n) is 4.94. The van der Waals surface area contributed by atoms with Gasteiger partial charge in [0, 0.05) is 10.7 Å². The Hall–Kier alpha value is 0.190. The summed E-state index contributed by atoms with van der Waals surface area (Å²) in [4.78, 5) is 0. The average molecular weight is 273 g/mol. The van der Waals surface area contributed by atoms with E-state index in [0.717, 1.165) is 0 Å². The molecule has 0 aliphatic carbocycles. The smallest absolute Gasteiger partial charge is 0.228 e. The van der Waals surface area contributed by atoms with Gasteiger partial charge < -0.3 is 0 Å². The Kier molecular flexibility index (Phi) is 2.80. The van der Waals surface area contributed by atoms with E-state index >= 15 is 0 Å². The summed E-state index contributed by atoms with van der Waals surface area (Å²) in [5.74, 6) is -0.162. The lowest BCUT2D eigenvalue weighted by atomic mass is 10.0. The summed E-state index contributed by atoms with van der Waals surface area (Å²) in [7, 11) is -1.28. The minimum Gasteiger partial charge on any atom is -0.228 e. The molecule has 2 bridgehead atoms. The molecule has 2 unspecified atom stereocenters. The monoisotopic (exact) mass is 272 g/mol. The Morgan fingerprint density at radius 2 is 1.60 bits per heavy atom. The molecular formula is C8H13ClO4S2. The van der Waals surface area contributed by atoms with Crippen LogP contribution in [0.4, 0.5) is 0 Å². The van der Waals surface area contributed by atoms with Crippen molar-refractivity contribution in [3.63, 3.8) is 0 Å². The Balaban J connectivity index is 2.13. The van der Waals surface area contributed by atoms with Gasteiger partial charge in [-0.05, 0) is 31.6 Å². The van der Waals surface area contributed by atoms with Crippen molar-refractivity contribution in [2.75, 3.05) is 5.75 Å². The lowest BCUT2D eigenvalue weighted by Crippen LogP contribution is -2.35. The third-order valence-corrected chi connectivity index (χ3v) is 7.33. The number of sulfone groups is 1. The number of rotatable bonds is 2. The molecule has 0 amide bonds. The van der Waals surface area contributed by atoms with E-state index in [0.29, 0.717) is 25.7 Å². The highest BCUT2D eigenvalue weighted by Gasteiger charge is 2.47. The zero-order chi connectivity index (χ0) is 11.3. The molecule has 0 aromatic carbocycles. The van der Waals surface area contributed by atoms with E-state index in [1.807, 2.05) is 0 Å². The predicted octanol–water partition coefficient (Wildman–Crippen LogP) is 0.911. The summed E-state index contributed by atoms with van der Waals surface area (Å²) in [6, 6.07) is 0. The van der Waals surface area contributed by atoms with Gasteiger partial charge in [0.25, 0.3) is 0 Å². The number of fused-ring (bicyclic) bond motifs is 2. The van der Waals surface area contributed by atoms with E-state index in [9.17, 15) is 16.8 Å². The fourth-order valence-corrected chi connectivity index (χ4v) is 6.66. The van der Waals surface area contributed by atoms with Crippen LogP contribution in [0, 0.1) is 5.92 Å². The molecule has 0 radical (unpaired) electrons. The van der Waals surface area contributed by atoms with Crippen molar-refractivity contribution in [3.05, 3.63) is 0 Å². The molecule has 2 aliphatic heterocycles. The van der Waals surface area contributed by atoms with E-state index in [1.165, 1.54) is 0 Å². The number of halogens is 1. The Labute approximate surface area is 94.3 Å². The summed E-state index contributed by atoms with van der Waals surface area (Å²) < 4.78 is 45.2. The van der Waals surface area contributed by atoms with Gasteiger partial charge in [-0.25, -0.2) is 16.8 Å². The first-order chi connectivity index (χ1) is 6.79. The van der Waals surface area contributed by atoms with Crippen molar-refractivity contribution < 1.29 is 16.8 Å². The topological polar surface area (TPSA) is 68.3 Å². The lowest BCUT2D eigenvalue weighted by molar-refractivity contribution is 0.455. The van der Waals surface area contributed by atoms with Gasteiger partial charge in [-0.2, -0.15) is 0 Å². The largest absolute Gasteiger partial charge is 0.232 e. The van der Waals surface area contributed by atoms with Crippen molar-refractivity contribution in [3.8, 4) is 0 Å². The second-order valence-electron chi connectivity index (χ2n) is 4.45. The van der Waals surface area contributed by atoms with Crippen molar-refractivity contribution in [1.82, 2.24) is 0 Å². The lowest BCUT2D eigenvalue weighted by Gasteiger charge is -2.26. The predicted molar refractivity (Wildman–Crippen MR) is 58.1 cm³/mol. The summed E-state index contributed by atoms with van der Waals surface area (Å²) in [6.07, 6.45) is 2.30. The first-order valence-corrected chi connectivity index (χ1v) is 9.03. The molecule has 4 nitrogen and oxygen atoms in total. The fraction of sp³-hybridized carbons (Fsp3) is 1.00. The van der Waals surface area contributed by atoms with Gasteiger partial charge in [0.05, 0.1) is 16.3 Å². The van der Waals surface area contributed by atoms with Crippen LogP contribution in [0.2, 0.25) is 0 Å². The molecule has 0 aromatic rings. The molecule has 0 saturated carbocycles. The molecule has 88 valence electrons. The van der Waals surface area contributed by atoms with Crippen molar-refractivity contribution in [2.45, 2.75) is 36.2 Å². The molecule has 2 heterocycles. The van der Waals surface area contributed by atoms with Gasteiger partial charge in [0.15, 0.2) is 9.84 Å². The Bertz CT molecular complexity index is 433. The van der Waals surface area contributed by atoms with Crippen LogP contribution < -0.4 is 0 Å². The highest BCUT2D eigenvalue weighted by molar-refractivity contribution is 8.13. The van der Waals surface area contributed by atoms with Crippen molar-refractivity contribution in [2.24, 2.45) is 5.92 Å². The van der Waals surface area contributed by atoms with Gasteiger partial charge in [0.2, 0.25) is 9.05 Å². The standard InChI is InChI=1S/C8H13ClO4S2/c9-14(10,11)5-6-3-7-1-2-8(4-6)15(7,12)13/h6-8H,1-5H2. The molecule has 2 atom stereocenters. The maximum absolute atomic E-state index is 11.7. The molecule has 2 rings (SSSR count). The molecule has 2 saturated heterocycles. The summed E-state index contributed by atoms with van der Waals surface area (Å²) in [5.41, 5.74) is 0. The van der Waals surface area contributed by atoms with Crippen LogP contribution in [-0.2, 0) is 18.9 Å². The first kappa shape index (κ1) is 11.7. The minimum absolute atomic E-state index is 0.0754. The van der Waals surface area contributed by atoms with Gasteiger partial charge in [0.1, 0.15) is 0 Å². The second kappa shape index (κ2) is 3.60. The molecule has 0 aromatic heterocycles. The minimum atomic E-state index is -3.50. The maximum atomic E-state index is 11.7. The Morgan fingerprint density at radius 3 is 2.00 bits per heavy atom. The highest BCUT2D eigenvalue weighted by atomic mass is 35.7. The quantitative estimate of drug-likeness (QED) is 0.701. The SMILES string of the molecule is O=S(=O)(Cl)CC1CC2CCC(C1)S2(=O)=O.